The molecule has 1 N–H and O–H groups in total. The highest BCUT2D eigenvalue weighted by Crippen LogP contribution is 2.16. The monoisotopic (exact) mass is 323 g/mol. The van der Waals surface area contributed by atoms with Gasteiger partial charge in [-0.1, -0.05) is 6.07 Å². The Morgan fingerprint density at radius 3 is 2.75 bits per heavy atom. The highest BCUT2D eigenvalue weighted by atomic mass is 16.5. The van der Waals surface area contributed by atoms with Crippen LogP contribution in [0, 0.1) is 13.8 Å². The number of benzene rings is 1. The van der Waals surface area contributed by atoms with Gasteiger partial charge >= 0.3 is 0 Å². The Hall–Kier alpha value is -2.73. The summed E-state index contributed by atoms with van der Waals surface area (Å²) < 4.78 is 6.96. The van der Waals surface area contributed by atoms with Crippen LogP contribution in [0.3, 0.4) is 0 Å². The molecule has 3 aromatic rings. The highest BCUT2D eigenvalue weighted by molar-refractivity contribution is 5.42. The van der Waals surface area contributed by atoms with Crippen molar-refractivity contribution in [1.29, 1.82) is 0 Å². The van der Waals surface area contributed by atoms with Gasteiger partial charge in [-0.3, -0.25) is 0 Å². The molecule has 0 aliphatic rings. The molecule has 0 amide bonds. The normalized spacial score (nSPS) is 10.8. The Labute approximate surface area is 141 Å². The van der Waals surface area contributed by atoms with E-state index in [1.807, 2.05) is 29.9 Å². The summed E-state index contributed by atoms with van der Waals surface area (Å²) in [6.07, 6.45) is 3.72. The summed E-state index contributed by atoms with van der Waals surface area (Å²) in [5, 5.41) is 7.63. The highest BCUT2D eigenvalue weighted by Gasteiger charge is 2.05. The van der Waals surface area contributed by atoms with Crippen LogP contribution >= 0.6 is 0 Å². The number of anilines is 1. The minimum atomic E-state index is 0.411. The molecule has 3 rings (SSSR count). The van der Waals surface area contributed by atoms with Crippen LogP contribution in [0.5, 0.6) is 0 Å². The SMILES string of the molecule is COCc1nc(C)cc(NCc2ccc(-n3cccn3)cc2C)n1. The summed E-state index contributed by atoms with van der Waals surface area (Å²) in [4.78, 5) is 8.82. The zero-order valence-corrected chi connectivity index (χ0v) is 14.2. The maximum Gasteiger partial charge on any atom is 0.156 e. The second-order valence-electron chi connectivity index (χ2n) is 5.66. The van der Waals surface area contributed by atoms with Crippen LogP contribution in [0.15, 0.2) is 42.7 Å². The molecular formula is C18H21N5O. The van der Waals surface area contributed by atoms with Crippen molar-refractivity contribution >= 4 is 5.82 Å². The van der Waals surface area contributed by atoms with Crippen LogP contribution in [0.2, 0.25) is 0 Å². The summed E-state index contributed by atoms with van der Waals surface area (Å²) >= 11 is 0. The fourth-order valence-electron chi connectivity index (χ4n) is 2.54. The number of nitrogens with one attached hydrogen (secondary N) is 1. The van der Waals surface area contributed by atoms with Crippen molar-refractivity contribution in [1.82, 2.24) is 19.7 Å². The van der Waals surface area contributed by atoms with Crippen LogP contribution in [0.4, 0.5) is 5.82 Å². The van der Waals surface area contributed by atoms with Crippen LogP contribution in [0.25, 0.3) is 5.69 Å². The lowest BCUT2D eigenvalue weighted by Crippen LogP contribution is -2.07. The number of hydrogen-bond donors (Lipinski definition) is 1. The molecule has 6 heteroatoms. The lowest BCUT2D eigenvalue weighted by Gasteiger charge is -2.11. The number of nitrogens with zero attached hydrogens (tertiary/aromatic N) is 4. The molecule has 2 aromatic heterocycles. The zero-order valence-electron chi connectivity index (χ0n) is 14.2. The third-order valence-corrected chi connectivity index (χ3v) is 3.73. The second-order valence-corrected chi connectivity index (χ2v) is 5.66. The summed E-state index contributed by atoms with van der Waals surface area (Å²) in [6.45, 7) is 5.17. The van der Waals surface area contributed by atoms with Crippen molar-refractivity contribution in [2.45, 2.75) is 27.0 Å². The van der Waals surface area contributed by atoms with Gasteiger partial charge in [0.25, 0.3) is 0 Å². The van der Waals surface area contributed by atoms with Crippen molar-refractivity contribution < 1.29 is 4.74 Å². The largest absolute Gasteiger partial charge is 0.377 e. The van der Waals surface area contributed by atoms with Gasteiger partial charge in [0.15, 0.2) is 5.82 Å². The van der Waals surface area contributed by atoms with Gasteiger partial charge in [0.2, 0.25) is 0 Å². The van der Waals surface area contributed by atoms with Gasteiger partial charge in [-0.05, 0) is 43.2 Å². The van der Waals surface area contributed by atoms with Crippen molar-refractivity contribution in [2.75, 3.05) is 12.4 Å². The molecule has 6 nitrogen and oxygen atoms in total. The predicted octanol–water partition coefficient (Wildman–Crippen LogP) is 3.04. The maximum absolute atomic E-state index is 5.11. The fraction of sp³-hybridized carbons (Fsp3) is 0.278. The minimum Gasteiger partial charge on any atom is -0.377 e. The molecule has 2 heterocycles. The standard InChI is InChI=1S/C18H21N5O/c1-13-9-16(23-8-4-7-20-23)6-5-15(13)11-19-17-10-14(2)21-18(22-17)12-24-3/h4-10H,11-12H2,1-3H3,(H,19,21,22). The van der Waals surface area contributed by atoms with E-state index in [1.165, 1.54) is 11.1 Å². The number of aryl methyl sites for hydroxylation is 2. The number of methoxy groups -OCH3 is 1. The molecule has 0 spiro atoms. The first-order chi connectivity index (χ1) is 11.7. The van der Waals surface area contributed by atoms with E-state index in [0.29, 0.717) is 19.0 Å². The minimum absolute atomic E-state index is 0.411. The Balaban J connectivity index is 1.73. The molecule has 124 valence electrons. The van der Waals surface area contributed by atoms with Gasteiger partial charge in [0, 0.05) is 37.8 Å². The smallest absolute Gasteiger partial charge is 0.156 e. The molecule has 0 unspecified atom stereocenters. The Kier molecular flexibility index (Phi) is 4.86. The molecule has 0 saturated heterocycles. The van der Waals surface area contributed by atoms with Gasteiger partial charge < -0.3 is 10.1 Å². The van der Waals surface area contributed by atoms with E-state index < -0.39 is 0 Å². The Morgan fingerprint density at radius 1 is 1.17 bits per heavy atom. The molecule has 0 saturated carbocycles. The van der Waals surface area contributed by atoms with Crippen LogP contribution < -0.4 is 5.32 Å². The van der Waals surface area contributed by atoms with Gasteiger partial charge in [0.05, 0.1) is 5.69 Å². The van der Waals surface area contributed by atoms with E-state index >= 15 is 0 Å². The van der Waals surface area contributed by atoms with E-state index in [4.69, 9.17) is 4.74 Å². The van der Waals surface area contributed by atoms with Crippen molar-refractivity contribution in [3.05, 3.63) is 65.4 Å². The Morgan fingerprint density at radius 2 is 2.04 bits per heavy atom. The lowest BCUT2D eigenvalue weighted by molar-refractivity contribution is 0.177. The maximum atomic E-state index is 5.11. The van der Waals surface area contributed by atoms with Gasteiger partial charge in [-0.2, -0.15) is 5.10 Å². The van der Waals surface area contributed by atoms with Crippen molar-refractivity contribution in [3.63, 3.8) is 0 Å². The molecule has 0 aliphatic carbocycles. The molecule has 24 heavy (non-hydrogen) atoms. The first kappa shape index (κ1) is 16.1. The predicted molar refractivity (Wildman–Crippen MR) is 93.1 cm³/mol. The topological polar surface area (TPSA) is 64.9 Å². The first-order valence-electron chi connectivity index (χ1n) is 7.82. The average molecular weight is 323 g/mol. The third-order valence-electron chi connectivity index (χ3n) is 3.73. The molecule has 0 fully saturated rings. The van der Waals surface area contributed by atoms with E-state index in [2.05, 4.69) is 45.5 Å². The molecule has 0 aliphatic heterocycles. The molecular weight excluding hydrogens is 302 g/mol. The number of rotatable bonds is 6. The van der Waals surface area contributed by atoms with Gasteiger partial charge in [0.1, 0.15) is 12.4 Å². The van der Waals surface area contributed by atoms with E-state index in [1.54, 1.807) is 13.3 Å². The lowest BCUT2D eigenvalue weighted by atomic mass is 10.1. The van der Waals surface area contributed by atoms with Gasteiger partial charge in [-0.15, -0.1) is 0 Å². The van der Waals surface area contributed by atoms with Crippen molar-refractivity contribution in [2.24, 2.45) is 0 Å². The first-order valence-corrected chi connectivity index (χ1v) is 7.82. The average Bonchev–Trinajstić information content (AvgIpc) is 3.08. The quantitative estimate of drug-likeness (QED) is 0.755. The third kappa shape index (κ3) is 3.78. The Bertz CT molecular complexity index is 814. The zero-order chi connectivity index (χ0) is 16.9. The second kappa shape index (κ2) is 7.23. The van der Waals surface area contributed by atoms with Crippen LogP contribution in [0.1, 0.15) is 22.6 Å². The summed E-state index contributed by atoms with van der Waals surface area (Å²) in [5.74, 6) is 1.50. The fourth-order valence-corrected chi connectivity index (χ4v) is 2.54. The molecule has 0 bridgehead atoms. The summed E-state index contributed by atoms with van der Waals surface area (Å²) in [6, 6.07) is 10.2. The molecule has 0 radical (unpaired) electrons. The van der Waals surface area contributed by atoms with E-state index in [0.717, 1.165) is 17.2 Å². The van der Waals surface area contributed by atoms with Crippen molar-refractivity contribution in [3.8, 4) is 5.69 Å². The van der Waals surface area contributed by atoms with E-state index in [9.17, 15) is 0 Å². The number of ether oxygens (including phenoxy) is 1. The summed E-state index contributed by atoms with van der Waals surface area (Å²) in [5.41, 5.74) is 4.40. The number of hydrogen-bond acceptors (Lipinski definition) is 5. The summed E-state index contributed by atoms with van der Waals surface area (Å²) in [7, 11) is 1.64. The number of aromatic nitrogens is 4. The van der Waals surface area contributed by atoms with Crippen LogP contribution in [-0.4, -0.2) is 26.9 Å². The molecule has 1 aromatic carbocycles. The van der Waals surface area contributed by atoms with Crippen LogP contribution in [-0.2, 0) is 17.9 Å². The van der Waals surface area contributed by atoms with E-state index in [-0.39, 0.29) is 0 Å². The molecule has 0 atom stereocenters. The van der Waals surface area contributed by atoms with Gasteiger partial charge in [-0.25, -0.2) is 14.6 Å².